The number of thiazole rings is 1. The zero-order chi connectivity index (χ0) is 22.9. The van der Waals surface area contributed by atoms with Crippen LogP contribution in [-0.4, -0.2) is 51.4 Å². The molecule has 0 saturated carbocycles. The number of halogens is 1. The summed E-state index contributed by atoms with van der Waals surface area (Å²) in [6.45, 7) is 6.16. The fraction of sp³-hybridized carbons (Fsp3) is 0.375. The molecule has 35 heavy (non-hydrogen) atoms. The van der Waals surface area contributed by atoms with Gasteiger partial charge in [-0.3, -0.25) is 0 Å². The Kier molecular flexibility index (Phi) is 9.05. The van der Waals surface area contributed by atoms with Crippen LogP contribution in [0.25, 0.3) is 21.3 Å². The minimum absolute atomic E-state index is 0. The number of thiophene rings is 1. The number of aromatic nitrogens is 3. The van der Waals surface area contributed by atoms with Crippen molar-refractivity contribution >= 4 is 49.8 Å². The molecule has 0 bridgehead atoms. The molecule has 0 radical (unpaired) electrons. The van der Waals surface area contributed by atoms with E-state index in [0.717, 1.165) is 57.4 Å². The Morgan fingerprint density at radius 2 is 1.86 bits per heavy atom. The molecule has 1 aliphatic heterocycles. The van der Waals surface area contributed by atoms with E-state index in [2.05, 4.69) is 34.1 Å². The van der Waals surface area contributed by atoms with Crippen LogP contribution in [0.4, 0.5) is 9.52 Å². The van der Waals surface area contributed by atoms with Crippen LogP contribution in [0, 0.1) is 5.82 Å². The summed E-state index contributed by atoms with van der Waals surface area (Å²) in [5.74, 6) is 0.800. The Labute approximate surface area is 216 Å². The molecule has 0 unspecified atom stereocenters. The first kappa shape index (κ1) is 27.3. The number of anilines is 1. The van der Waals surface area contributed by atoms with E-state index in [0.29, 0.717) is 17.4 Å². The molecule has 0 aliphatic carbocycles. The highest BCUT2D eigenvalue weighted by Gasteiger charge is 2.25. The minimum Gasteiger partial charge on any atom is -0.473 e. The Hall–Kier alpha value is -2.31. The molecule has 1 saturated heterocycles. The van der Waals surface area contributed by atoms with E-state index in [-0.39, 0.29) is 22.9 Å². The first-order chi connectivity index (χ1) is 16.0. The van der Waals surface area contributed by atoms with Crippen LogP contribution in [0.15, 0.2) is 40.2 Å². The molecular weight excluding hydrogens is 507 g/mol. The highest BCUT2D eigenvalue weighted by atomic mass is 32.2. The van der Waals surface area contributed by atoms with Gasteiger partial charge >= 0.3 is 0 Å². The highest BCUT2D eigenvalue weighted by Crippen LogP contribution is 2.39. The maximum Gasteiger partial charge on any atom is 0.235 e. The lowest BCUT2D eigenvalue weighted by Gasteiger charge is -2.31. The number of hydrogen-bond acceptors (Lipinski definition) is 8. The molecule has 4 heterocycles. The maximum absolute atomic E-state index is 14.7. The second-order valence-corrected chi connectivity index (χ2v) is 11.0. The standard InChI is InChI=1S/C24H25FN4OS3.2H2O/c1-14(2)20-12-33-24(28-20)29-8-6-15(7-9-29)30-23-22-21(26-13-27-23)18(11-32-22)17-5-4-16(31-3)10-19(17)25;;/h4-5,10-15H,6-9H2,1-3H3;2*1H2. The van der Waals surface area contributed by atoms with Crippen LogP contribution in [0.5, 0.6) is 5.88 Å². The first-order valence-electron chi connectivity index (χ1n) is 11.0. The number of thioether (sulfide) groups is 1. The average Bonchev–Trinajstić information content (AvgIpc) is 3.48. The largest absolute Gasteiger partial charge is 0.473 e. The van der Waals surface area contributed by atoms with Gasteiger partial charge in [0.25, 0.3) is 0 Å². The van der Waals surface area contributed by atoms with Gasteiger partial charge in [-0.2, -0.15) is 0 Å². The quantitative estimate of drug-likeness (QED) is 0.313. The zero-order valence-corrected chi connectivity index (χ0v) is 22.2. The SMILES string of the molecule is CSc1ccc(-c2csc3c(OC4CCN(c5nc(C(C)C)cs5)CC4)ncnc23)c(F)c1.O.O. The van der Waals surface area contributed by atoms with Gasteiger partial charge in [0.15, 0.2) is 5.13 Å². The Morgan fingerprint density at radius 3 is 2.51 bits per heavy atom. The number of nitrogens with zero attached hydrogens (tertiary/aromatic N) is 4. The topological polar surface area (TPSA) is 114 Å². The van der Waals surface area contributed by atoms with E-state index in [1.165, 1.54) is 29.4 Å². The lowest BCUT2D eigenvalue weighted by molar-refractivity contribution is 0.166. The smallest absolute Gasteiger partial charge is 0.235 e. The fourth-order valence-corrected chi connectivity index (χ4v) is 6.37. The van der Waals surface area contributed by atoms with Crippen molar-refractivity contribution in [1.82, 2.24) is 15.0 Å². The van der Waals surface area contributed by atoms with E-state index in [4.69, 9.17) is 9.72 Å². The van der Waals surface area contributed by atoms with E-state index in [9.17, 15) is 4.39 Å². The first-order valence-corrected chi connectivity index (χ1v) is 13.9. The third-order valence-corrected chi connectivity index (χ3v) is 8.48. The summed E-state index contributed by atoms with van der Waals surface area (Å²) < 4.78 is 21.9. The van der Waals surface area contributed by atoms with Crippen molar-refractivity contribution in [3.8, 4) is 17.0 Å². The molecule has 3 aromatic heterocycles. The summed E-state index contributed by atoms with van der Waals surface area (Å²) in [6.07, 6.45) is 5.36. The van der Waals surface area contributed by atoms with Crippen molar-refractivity contribution in [2.24, 2.45) is 0 Å². The molecule has 1 fully saturated rings. The molecule has 1 aliphatic rings. The number of piperidine rings is 1. The van der Waals surface area contributed by atoms with Gasteiger partial charge < -0.3 is 20.6 Å². The fourth-order valence-electron chi connectivity index (χ4n) is 3.96. The predicted octanol–water partition coefficient (Wildman–Crippen LogP) is 5.20. The third-order valence-electron chi connectivity index (χ3n) is 5.88. The minimum atomic E-state index is -0.238. The summed E-state index contributed by atoms with van der Waals surface area (Å²) >= 11 is 4.75. The monoisotopic (exact) mass is 536 g/mol. The predicted molar refractivity (Wildman–Crippen MR) is 144 cm³/mol. The molecule has 4 N–H and O–H groups in total. The molecule has 0 atom stereocenters. The number of hydrogen-bond donors (Lipinski definition) is 0. The molecule has 7 nitrogen and oxygen atoms in total. The molecule has 0 spiro atoms. The van der Waals surface area contributed by atoms with Crippen LogP contribution in [-0.2, 0) is 0 Å². The van der Waals surface area contributed by atoms with Gasteiger partial charge in [0.2, 0.25) is 5.88 Å². The van der Waals surface area contributed by atoms with E-state index < -0.39 is 0 Å². The summed E-state index contributed by atoms with van der Waals surface area (Å²) in [6, 6.07) is 5.33. The molecule has 0 amide bonds. The molecule has 188 valence electrons. The summed E-state index contributed by atoms with van der Waals surface area (Å²) in [5, 5.41) is 5.20. The van der Waals surface area contributed by atoms with Gasteiger partial charge in [0, 0.05) is 52.7 Å². The van der Waals surface area contributed by atoms with Crippen molar-refractivity contribution in [3.63, 3.8) is 0 Å². The lowest BCUT2D eigenvalue weighted by atomic mass is 10.1. The molecule has 11 heteroatoms. The van der Waals surface area contributed by atoms with Gasteiger partial charge in [-0.05, 0) is 24.3 Å². The van der Waals surface area contributed by atoms with Crippen molar-refractivity contribution in [2.75, 3.05) is 24.2 Å². The van der Waals surface area contributed by atoms with E-state index in [1.807, 2.05) is 23.8 Å². The van der Waals surface area contributed by atoms with Crippen molar-refractivity contribution in [2.45, 2.75) is 43.6 Å². The van der Waals surface area contributed by atoms with E-state index >= 15 is 0 Å². The van der Waals surface area contributed by atoms with Crippen LogP contribution in [0.2, 0.25) is 0 Å². The van der Waals surface area contributed by atoms with Gasteiger partial charge in [-0.25, -0.2) is 19.3 Å². The lowest BCUT2D eigenvalue weighted by Crippen LogP contribution is -2.38. The Bertz CT molecular complexity index is 1270. The van der Waals surface area contributed by atoms with Gasteiger partial charge in [-0.1, -0.05) is 19.9 Å². The summed E-state index contributed by atoms with van der Waals surface area (Å²) in [7, 11) is 0. The van der Waals surface area contributed by atoms with Crippen LogP contribution in [0.1, 0.15) is 38.3 Å². The third kappa shape index (κ3) is 5.59. The van der Waals surface area contributed by atoms with Gasteiger partial charge in [0.1, 0.15) is 22.9 Å². The number of rotatable bonds is 6. The maximum atomic E-state index is 14.7. The highest BCUT2D eigenvalue weighted by molar-refractivity contribution is 7.98. The molecule has 1 aromatic carbocycles. The van der Waals surface area contributed by atoms with Crippen LogP contribution < -0.4 is 9.64 Å². The zero-order valence-electron chi connectivity index (χ0n) is 19.7. The van der Waals surface area contributed by atoms with Crippen LogP contribution >= 0.6 is 34.4 Å². The van der Waals surface area contributed by atoms with Crippen molar-refractivity contribution in [3.05, 3.63) is 46.8 Å². The Balaban J connectivity index is 0.00000171. The number of benzene rings is 1. The van der Waals surface area contributed by atoms with E-state index in [1.54, 1.807) is 17.4 Å². The number of ether oxygens (including phenoxy) is 1. The van der Waals surface area contributed by atoms with Gasteiger partial charge in [0.05, 0.1) is 11.2 Å². The second-order valence-electron chi connectivity index (χ2n) is 8.37. The Morgan fingerprint density at radius 1 is 1.09 bits per heavy atom. The van der Waals surface area contributed by atoms with Gasteiger partial charge in [-0.15, -0.1) is 34.4 Å². The normalized spacial score (nSPS) is 14.1. The molecular formula is C24H29FN4O3S3. The number of fused-ring (bicyclic) bond motifs is 1. The summed E-state index contributed by atoms with van der Waals surface area (Å²) in [5.41, 5.74) is 3.24. The molecule has 5 rings (SSSR count). The van der Waals surface area contributed by atoms with Crippen molar-refractivity contribution in [1.29, 1.82) is 0 Å². The van der Waals surface area contributed by atoms with Crippen LogP contribution in [0.3, 0.4) is 0 Å². The van der Waals surface area contributed by atoms with Crippen molar-refractivity contribution < 1.29 is 20.1 Å². The summed E-state index contributed by atoms with van der Waals surface area (Å²) in [4.78, 5) is 16.9. The molecule has 4 aromatic rings. The second kappa shape index (κ2) is 11.6. The average molecular weight is 537 g/mol.